The van der Waals surface area contributed by atoms with E-state index in [0.29, 0.717) is 24.5 Å². The van der Waals surface area contributed by atoms with Crippen LogP contribution in [0.25, 0.3) is 0 Å². The minimum atomic E-state index is -3.69. The zero-order valence-corrected chi connectivity index (χ0v) is 26.3. The molecule has 0 saturated carbocycles. The van der Waals surface area contributed by atoms with Gasteiger partial charge in [0.2, 0.25) is 0 Å². The first-order valence-electron chi connectivity index (χ1n) is 14.9. The number of halogens is 1. The van der Waals surface area contributed by atoms with E-state index in [4.69, 9.17) is 14.2 Å². The summed E-state index contributed by atoms with van der Waals surface area (Å²) in [6.07, 6.45) is 4.40. The van der Waals surface area contributed by atoms with E-state index in [-0.39, 0.29) is 10.1 Å². The molecule has 1 saturated heterocycles. The monoisotopic (exact) mass is 633 g/mol. The van der Waals surface area contributed by atoms with Gasteiger partial charge in [-0.05, 0) is 85.6 Å². The second-order valence-electron chi connectivity index (χ2n) is 11.2. The average Bonchev–Trinajstić information content (AvgIpc) is 3.38. The summed E-state index contributed by atoms with van der Waals surface area (Å²) in [5.74, 6) is 1.41. The fourth-order valence-corrected chi connectivity index (χ4v) is 7.76. The smallest absolute Gasteiger partial charge is 0.178 e. The minimum Gasteiger partial charge on any atom is -0.492 e. The number of hydrogen-bond donors (Lipinski definition) is 0. The van der Waals surface area contributed by atoms with Crippen LogP contribution >= 0.6 is 11.8 Å². The molecule has 44 heavy (non-hydrogen) atoms. The van der Waals surface area contributed by atoms with Crippen LogP contribution in [0, 0.1) is 5.82 Å². The van der Waals surface area contributed by atoms with Crippen molar-refractivity contribution in [3.63, 3.8) is 0 Å². The van der Waals surface area contributed by atoms with Gasteiger partial charge >= 0.3 is 0 Å². The van der Waals surface area contributed by atoms with Crippen LogP contribution in [0.4, 0.5) is 4.39 Å². The zero-order chi connectivity index (χ0) is 30.5. The first kappa shape index (κ1) is 30.5. The maximum atomic E-state index is 15.0. The molecule has 230 valence electrons. The van der Waals surface area contributed by atoms with Gasteiger partial charge in [0.1, 0.15) is 47.3 Å². The summed E-state index contributed by atoms with van der Waals surface area (Å²) in [5, 5.41) is -0.307. The molecule has 6 nitrogen and oxygen atoms in total. The number of hydrogen-bond acceptors (Lipinski definition) is 7. The van der Waals surface area contributed by atoms with Crippen molar-refractivity contribution in [2.45, 2.75) is 47.0 Å². The lowest BCUT2D eigenvalue weighted by molar-refractivity contribution is 0.183. The second-order valence-corrected chi connectivity index (χ2v) is 14.4. The minimum absolute atomic E-state index is 0.307. The third-order valence-corrected chi connectivity index (χ3v) is 10.5. The van der Waals surface area contributed by atoms with Gasteiger partial charge < -0.3 is 14.2 Å². The number of likely N-dealkylation sites (tertiary alicyclic amines) is 1. The van der Waals surface area contributed by atoms with E-state index < -0.39 is 21.8 Å². The highest BCUT2D eigenvalue weighted by Crippen LogP contribution is 2.55. The number of nitrogens with zero attached hydrogens (tertiary/aromatic N) is 1. The van der Waals surface area contributed by atoms with Gasteiger partial charge in [0.05, 0.1) is 5.25 Å². The van der Waals surface area contributed by atoms with E-state index in [1.165, 1.54) is 31.4 Å². The normalized spacial score (nSPS) is 18.5. The summed E-state index contributed by atoms with van der Waals surface area (Å²) in [4.78, 5) is 3.10. The lowest BCUT2D eigenvalue weighted by Gasteiger charge is -2.26. The SMILES string of the molecule is CS(=O)(=O)c1ccc(C2Sc3cc(OCc4ccccc4)ccc3C2Oc2ccc(OCCN3CCCCC3)cc2)cc1F. The molecule has 9 heteroatoms. The van der Waals surface area contributed by atoms with Gasteiger partial charge in [0, 0.05) is 23.3 Å². The van der Waals surface area contributed by atoms with E-state index >= 15 is 4.39 Å². The molecule has 0 aromatic heterocycles. The standard InChI is InChI=1S/C35H36FNO5S2/c1-44(38,39)33-17-10-26(22-31(33)36)35-34(30-16-15-29(23-32(30)43-35)41-24-25-8-4-2-5-9-25)42-28-13-11-27(12-14-28)40-21-20-37-18-6-3-7-19-37/h2,4-5,8-17,22-23,34-35H,3,6-7,18-21,24H2,1H3. The van der Waals surface area contributed by atoms with Crippen molar-refractivity contribution in [1.82, 2.24) is 4.90 Å². The number of ether oxygens (including phenoxy) is 3. The molecule has 2 aliphatic heterocycles. The number of rotatable bonds is 11. The number of piperidine rings is 1. The van der Waals surface area contributed by atoms with Crippen LogP contribution in [-0.2, 0) is 16.4 Å². The predicted octanol–water partition coefficient (Wildman–Crippen LogP) is 7.64. The Morgan fingerprint density at radius 1 is 0.841 bits per heavy atom. The average molecular weight is 634 g/mol. The molecule has 0 radical (unpaired) electrons. The fraction of sp³-hybridized carbons (Fsp3) is 0.314. The van der Waals surface area contributed by atoms with Crippen LogP contribution in [0.5, 0.6) is 17.2 Å². The molecule has 0 bridgehead atoms. The summed E-state index contributed by atoms with van der Waals surface area (Å²) >= 11 is 1.55. The van der Waals surface area contributed by atoms with Crippen LogP contribution in [0.2, 0.25) is 0 Å². The quantitative estimate of drug-likeness (QED) is 0.168. The van der Waals surface area contributed by atoms with Gasteiger partial charge in [0.25, 0.3) is 0 Å². The Morgan fingerprint density at radius 3 is 2.30 bits per heavy atom. The van der Waals surface area contributed by atoms with Crippen LogP contribution in [0.3, 0.4) is 0 Å². The largest absolute Gasteiger partial charge is 0.492 e. The van der Waals surface area contributed by atoms with Gasteiger partial charge in [0.15, 0.2) is 9.84 Å². The van der Waals surface area contributed by atoms with Gasteiger partial charge in [-0.25, -0.2) is 12.8 Å². The number of thioether (sulfide) groups is 1. The highest BCUT2D eigenvalue weighted by molar-refractivity contribution is 8.00. The second kappa shape index (κ2) is 13.6. The molecule has 0 amide bonds. The maximum absolute atomic E-state index is 15.0. The number of fused-ring (bicyclic) bond motifs is 1. The first-order chi connectivity index (χ1) is 21.3. The van der Waals surface area contributed by atoms with Gasteiger partial charge in [-0.2, -0.15) is 0 Å². The molecule has 1 fully saturated rings. The van der Waals surface area contributed by atoms with E-state index in [0.717, 1.165) is 53.4 Å². The molecule has 6 rings (SSSR count). The van der Waals surface area contributed by atoms with Crippen molar-refractivity contribution >= 4 is 21.6 Å². The van der Waals surface area contributed by atoms with Gasteiger partial charge in [-0.15, -0.1) is 11.8 Å². The lowest BCUT2D eigenvalue weighted by Crippen LogP contribution is -2.33. The first-order valence-corrected chi connectivity index (χ1v) is 17.7. The molecule has 0 N–H and O–H groups in total. The Hall–Kier alpha value is -3.53. The molecule has 4 aromatic rings. The highest BCUT2D eigenvalue weighted by atomic mass is 32.2. The number of benzene rings is 4. The summed E-state index contributed by atoms with van der Waals surface area (Å²) in [5.41, 5.74) is 2.67. The van der Waals surface area contributed by atoms with E-state index in [1.807, 2.05) is 72.8 Å². The molecule has 0 spiro atoms. The molecule has 2 unspecified atom stereocenters. The number of sulfone groups is 1. The Labute approximate surface area is 263 Å². The molecular formula is C35H36FNO5S2. The Balaban J connectivity index is 1.20. The molecule has 0 aliphatic carbocycles. The van der Waals surface area contributed by atoms with Crippen LogP contribution in [0.1, 0.15) is 47.3 Å². The lowest BCUT2D eigenvalue weighted by atomic mass is 10.0. The maximum Gasteiger partial charge on any atom is 0.178 e. The Morgan fingerprint density at radius 2 is 1.57 bits per heavy atom. The van der Waals surface area contributed by atoms with Crippen molar-refractivity contribution in [3.8, 4) is 17.2 Å². The molecule has 2 atom stereocenters. The summed E-state index contributed by atoms with van der Waals surface area (Å²) in [7, 11) is -3.69. The van der Waals surface area contributed by atoms with Crippen LogP contribution in [0.15, 0.2) is 101 Å². The Kier molecular flexibility index (Phi) is 9.44. The van der Waals surface area contributed by atoms with Crippen LogP contribution < -0.4 is 14.2 Å². The Bertz CT molecular complexity index is 1680. The third-order valence-electron chi connectivity index (χ3n) is 7.96. The fourth-order valence-electron chi connectivity index (χ4n) is 5.64. The molecular weight excluding hydrogens is 598 g/mol. The van der Waals surface area contributed by atoms with Crippen molar-refractivity contribution in [3.05, 3.63) is 114 Å². The molecule has 2 heterocycles. The van der Waals surface area contributed by atoms with E-state index in [2.05, 4.69) is 4.90 Å². The zero-order valence-electron chi connectivity index (χ0n) is 24.7. The molecule has 2 aliphatic rings. The summed E-state index contributed by atoms with van der Waals surface area (Å²) in [6, 6.07) is 27.8. The summed E-state index contributed by atoms with van der Waals surface area (Å²) < 4.78 is 57.7. The highest BCUT2D eigenvalue weighted by Gasteiger charge is 2.37. The van der Waals surface area contributed by atoms with Gasteiger partial charge in [-0.3, -0.25) is 4.90 Å². The van der Waals surface area contributed by atoms with Gasteiger partial charge in [-0.1, -0.05) is 48.9 Å². The summed E-state index contributed by atoms with van der Waals surface area (Å²) in [6.45, 7) is 4.28. The molecule has 4 aromatic carbocycles. The predicted molar refractivity (Wildman–Crippen MR) is 171 cm³/mol. The topological polar surface area (TPSA) is 65.1 Å². The van der Waals surface area contributed by atoms with E-state index in [1.54, 1.807) is 17.8 Å². The van der Waals surface area contributed by atoms with E-state index in [9.17, 15) is 8.42 Å². The van der Waals surface area contributed by atoms with Crippen molar-refractivity contribution in [2.24, 2.45) is 0 Å². The van der Waals surface area contributed by atoms with Crippen molar-refractivity contribution in [1.29, 1.82) is 0 Å². The van der Waals surface area contributed by atoms with Crippen molar-refractivity contribution in [2.75, 3.05) is 32.5 Å². The third kappa shape index (κ3) is 7.39. The van der Waals surface area contributed by atoms with Crippen molar-refractivity contribution < 1.29 is 27.0 Å². The van der Waals surface area contributed by atoms with Crippen LogP contribution in [-0.4, -0.2) is 45.8 Å².